The third-order valence-corrected chi connectivity index (χ3v) is 4.11. The van der Waals surface area contributed by atoms with Crippen LogP contribution in [0.5, 0.6) is 23.0 Å². The number of benzene rings is 2. The van der Waals surface area contributed by atoms with E-state index in [0.29, 0.717) is 35.0 Å². The summed E-state index contributed by atoms with van der Waals surface area (Å²) >= 11 is 0. The van der Waals surface area contributed by atoms with Gasteiger partial charge in [0.1, 0.15) is 11.5 Å². The zero-order valence-electron chi connectivity index (χ0n) is 15.7. The van der Waals surface area contributed by atoms with E-state index >= 15 is 0 Å². The van der Waals surface area contributed by atoms with Gasteiger partial charge in [-0.25, -0.2) is 0 Å². The lowest BCUT2D eigenvalue weighted by atomic mass is 9.96. The molecule has 0 aliphatic rings. The average Bonchev–Trinajstić information content (AvgIpc) is 2.63. The minimum atomic E-state index is -0.788. The van der Waals surface area contributed by atoms with Crippen LogP contribution in [0.25, 0.3) is 10.8 Å². The molecule has 0 aliphatic heterocycles. The van der Waals surface area contributed by atoms with Gasteiger partial charge in [0.05, 0.1) is 45.5 Å². The fraction of sp³-hybridized carbons (Fsp3) is 0.400. The van der Waals surface area contributed by atoms with Crippen LogP contribution in [0.1, 0.15) is 31.9 Å². The van der Waals surface area contributed by atoms with Gasteiger partial charge in [-0.05, 0) is 26.3 Å². The van der Waals surface area contributed by atoms with Crippen LogP contribution < -0.4 is 18.9 Å². The van der Waals surface area contributed by atoms with Gasteiger partial charge in [0.15, 0.2) is 11.5 Å². The smallest absolute Gasteiger partial charge is 0.172 e. The minimum absolute atomic E-state index is 0.450. The van der Waals surface area contributed by atoms with E-state index in [4.69, 9.17) is 18.9 Å². The molecule has 5 heteroatoms. The Labute approximate surface area is 148 Å². The Morgan fingerprint density at radius 3 is 2.12 bits per heavy atom. The highest BCUT2D eigenvalue weighted by atomic mass is 16.5. The lowest BCUT2D eigenvalue weighted by Gasteiger charge is -2.23. The van der Waals surface area contributed by atoms with Gasteiger partial charge in [0.25, 0.3) is 0 Å². The van der Waals surface area contributed by atoms with Crippen molar-refractivity contribution in [2.75, 3.05) is 28.4 Å². The van der Waals surface area contributed by atoms with E-state index in [1.165, 1.54) is 0 Å². The first-order valence-electron chi connectivity index (χ1n) is 8.10. The van der Waals surface area contributed by atoms with Crippen LogP contribution >= 0.6 is 0 Å². The molecule has 0 aliphatic carbocycles. The Morgan fingerprint density at radius 1 is 0.960 bits per heavy atom. The molecule has 1 unspecified atom stereocenters. The Balaban J connectivity index is 2.87. The zero-order valence-corrected chi connectivity index (χ0v) is 15.7. The second kappa shape index (κ2) is 8.12. The summed E-state index contributed by atoms with van der Waals surface area (Å²) < 4.78 is 22.4. The fourth-order valence-corrected chi connectivity index (χ4v) is 2.99. The highest BCUT2D eigenvalue weighted by Crippen LogP contribution is 2.51. The van der Waals surface area contributed by atoms with Crippen molar-refractivity contribution in [2.24, 2.45) is 0 Å². The van der Waals surface area contributed by atoms with Crippen LogP contribution in [0.15, 0.2) is 29.8 Å². The van der Waals surface area contributed by atoms with E-state index in [1.54, 1.807) is 28.4 Å². The average molecular weight is 346 g/mol. The summed E-state index contributed by atoms with van der Waals surface area (Å²) in [4.78, 5) is 0. The minimum Gasteiger partial charge on any atom is -0.496 e. The van der Waals surface area contributed by atoms with Gasteiger partial charge in [0.2, 0.25) is 0 Å². The number of aliphatic hydroxyl groups excluding tert-OH is 1. The summed E-state index contributed by atoms with van der Waals surface area (Å²) in [7, 11) is 6.31. The van der Waals surface area contributed by atoms with E-state index in [2.05, 4.69) is 0 Å². The zero-order chi connectivity index (χ0) is 18.6. The molecule has 25 heavy (non-hydrogen) atoms. The molecule has 0 spiro atoms. The van der Waals surface area contributed by atoms with Crippen molar-refractivity contribution >= 4 is 10.8 Å². The summed E-state index contributed by atoms with van der Waals surface area (Å²) in [6, 6.07) is 5.64. The molecule has 1 N–H and O–H groups in total. The Kier molecular flexibility index (Phi) is 6.15. The first kappa shape index (κ1) is 18.9. The predicted molar refractivity (Wildman–Crippen MR) is 99.2 cm³/mol. The molecule has 0 fully saturated rings. The third kappa shape index (κ3) is 3.51. The number of ether oxygens (including phenoxy) is 4. The van der Waals surface area contributed by atoms with Crippen LogP contribution in [0.3, 0.4) is 0 Å². The summed E-state index contributed by atoms with van der Waals surface area (Å²) in [5.74, 6) is 2.17. The molecule has 0 radical (unpaired) electrons. The van der Waals surface area contributed by atoms with E-state index < -0.39 is 6.10 Å². The molecule has 0 heterocycles. The highest BCUT2D eigenvalue weighted by Gasteiger charge is 2.27. The molecule has 2 aromatic rings. The second-order valence-electron chi connectivity index (χ2n) is 5.93. The van der Waals surface area contributed by atoms with Crippen LogP contribution in [0.4, 0.5) is 0 Å². The van der Waals surface area contributed by atoms with Gasteiger partial charge in [-0.1, -0.05) is 23.8 Å². The van der Waals surface area contributed by atoms with Crippen LogP contribution in [0, 0.1) is 0 Å². The van der Waals surface area contributed by atoms with E-state index in [0.717, 1.165) is 16.3 Å². The molecule has 0 saturated carbocycles. The first-order valence-corrected chi connectivity index (χ1v) is 8.10. The molecule has 0 amide bonds. The van der Waals surface area contributed by atoms with Crippen molar-refractivity contribution in [3.05, 3.63) is 35.4 Å². The third-order valence-electron chi connectivity index (χ3n) is 4.11. The summed E-state index contributed by atoms with van der Waals surface area (Å²) in [6.07, 6.45) is 1.64. The van der Waals surface area contributed by atoms with Gasteiger partial charge in [-0.15, -0.1) is 0 Å². The standard InChI is InChI=1S/C20H26O5/c1-12(2)10-11-14(21)17-18(23-4)13-8-7-9-15(22-3)16(13)19(24-5)20(17)25-6/h7-10,14,21H,11H2,1-6H3. The molecule has 2 aromatic carbocycles. The number of hydrogen-bond donors (Lipinski definition) is 1. The van der Waals surface area contributed by atoms with E-state index in [1.807, 2.05) is 38.1 Å². The van der Waals surface area contributed by atoms with Crippen molar-refractivity contribution in [1.29, 1.82) is 0 Å². The summed E-state index contributed by atoms with van der Waals surface area (Å²) in [5, 5.41) is 12.4. The summed E-state index contributed by atoms with van der Waals surface area (Å²) in [5.41, 5.74) is 1.70. The van der Waals surface area contributed by atoms with E-state index in [-0.39, 0.29) is 0 Å². The fourth-order valence-electron chi connectivity index (χ4n) is 2.99. The molecule has 0 aromatic heterocycles. The predicted octanol–water partition coefficient (Wildman–Crippen LogP) is 4.26. The maximum Gasteiger partial charge on any atom is 0.172 e. The Morgan fingerprint density at radius 2 is 1.60 bits per heavy atom. The number of allylic oxidation sites excluding steroid dienone is 1. The molecule has 136 valence electrons. The van der Waals surface area contributed by atoms with Gasteiger partial charge in [-0.2, -0.15) is 0 Å². The van der Waals surface area contributed by atoms with Crippen molar-refractivity contribution in [3.8, 4) is 23.0 Å². The monoisotopic (exact) mass is 346 g/mol. The van der Waals surface area contributed by atoms with Crippen molar-refractivity contribution in [3.63, 3.8) is 0 Å². The number of hydrogen-bond acceptors (Lipinski definition) is 5. The SMILES string of the molecule is COc1c(C(O)CC=C(C)C)c(OC)c2cccc(OC)c2c1OC. The number of methoxy groups -OCH3 is 4. The molecule has 1 atom stereocenters. The van der Waals surface area contributed by atoms with Gasteiger partial charge in [-0.3, -0.25) is 0 Å². The number of aliphatic hydroxyl groups is 1. The van der Waals surface area contributed by atoms with Crippen LogP contribution in [-0.4, -0.2) is 33.5 Å². The van der Waals surface area contributed by atoms with Gasteiger partial charge in [0, 0.05) is 5.39 Å². The Hall–Kier alpha value is -2.40. The lowest BCUT2D eigenvalue weighted by molar-refractivity contribution is 0.171. The molecule has 5 nitrogen and oxygen atoms in total. The van der Waals surface area contributed by atoms with Crippen LogP contribution in [-0.2, 0) is 0 Å². The molecule has 2 rings (SSSR count). The molecule has 0 saturated heterocycles. The molecular formula is C20H26O5. The van der Waals surface area contributed by atoms with Crippen molar-refractivity contribution in [1.82, 2.24) is 0 Å². The molecular weight excluding hydrogens is 320 g/mol. The Bertz CT molecular complexity index is 775. The van der Waals surface area contributed by atoms with Gasteiger partial charge < -0.3 is 24.1 Å². The summed E-state index contributed by atoms with van der Waals surface area (Å²) in [6.45, 7) is 3.99. The number of rotatable bonds is 7. The largest absolute Gasteiger partial charge is 0.496 e. The maximum absolute atomic E-state index is 10.8. The lowest BCUT2D eigenvalue weighted by Crippen LogP contribution is -2.06. The number of fused-ring (bicyclic) bond motifs is 1. The normalized spacial score (nSPS) is 11.8. The topological polar surface area (TPSA) is 57.2 Å². The van der Waals surface area contributed by atoms with Crippen molar-refractivity contribution < 1.29 is 24.1 Å². The van der Waals surface area contributed by atoms with Crippen LogP contribution in [0.2, 0.25) is 0 Å². The second-order valence-corrected chi connectivity index (χ2v) is 5.93. The van der Waals surface area contributed by atoms with Gasteiger partial charge >= 0.3 is 0 Å². The maximum atomic E-state index is 10.8. The highest BCUT2D eigenvalue weighted by molar-refractivity contribution is 6.01. The van der Waals surface area contributed by atoms with E-state index in [9.17, 15) is 5.11 Å². The molecule has 0 bridgehead atoms. The van der Waals surface area contributed by atoms with Crippen molar-refractivity contribution in [2.45, 2.75) is 26.4 Å². The first-order chi connectivity index (χ1) is 12.0. The quantitative estimate of drug-likeness (QED) is 0.759.